The summed E-state index contributed by atoms with van der Waals surface area (Å²) < 4.78 is 26.7. The highest BCUT2D eigenvalue weighted by molar-refractivity contribution is 7.89. The van der Waals surface area contributed by atoms with E-state index in [9.17, 15) is 8.42 Å². The van der Waals surface area contributed by atoms with E-state index >= 15 is 0 Å². The fourth-order valence-corrected chi connectivity index (χ4v) is 4.86. The van der Waals surface area contributed by atoms with E-state index in [2.05, 4.69) is 0 Å². The summed E-state index contributed by atoms with van der Waals surface area (Å²) in [4.78, 5) is 0.338. The van der Waals surface area contributed by atoms with Gasteiger partial charge in [0.25, 0.3) is 0 Å². The van der Waals surface area contributed by atoms with Gasteiger partial charge in [-0.15, -0.1) is 0 Å². The molecule has 1 aliphatic heterocycles. The molecular formula is C14H19NO3S. The first-order chi connectivity index (χ1) is 9.11. The number of aliphatic hydroxyl groups is 1. The van der Waals surface area contributed by atoms with Crippen molar-refractivity contribution in [3.8, 4) is 0 Å². The van der Waals surface area contributed by atoms with Gasteiger partial charge >= 0.3 is 0 Å². The number of hydrogen-bond donors (Lipinski definition) is 1. The van der Waals surface area contributed by atoms with Crippen LogP contribution in [0.25, 0.3) is 0 Å². The van der Waals surface area contributed by atoms with Gasteiger partial charge in [-0.1, -0.05) is 18.6 Å². The second-order valence-corrected chi connectivity index (χ2v) is 7.51. The van der Waals surface area contributed by atoms with Crippen molar-refractivity contribution in [2.45, 2.75) is 30.8 Å². The molecule has 1 heterocycles. The fourth-order valence-electron chi connectivity index (χ4n) is 3.30. The summed E-state index contributed by atoms with van der Waals surface area (Å²) in [5, 5.41) is 8.99. The van der Waals surface area contributed by atoms with Crippen LogP contribution in [0.3, 0.4) is 0 Å². The van der Waals surface area contributed by atoms with E-state index in [0.717, 1.165) is 5.56 Å². The van der Waals surface area contributed by atoms with Crippen LogP contribution >= 0.6 is 0 Å². The number of benzene rings is 1. The van der Waals surface area contributed by atoms with E-state index in [0.29, 0.717) is 29.8 Å². The van der Waals surface area contributed by atoms with Crippen molar-refractivity contribution in [1.82, 2.24) is 4.31 Å². The summed E-state index contributed by atoms with van der Waals surface area (Å²) in [7, 11) is -3.35. The molecule has 4 nitrogen and oxygen atoms in total. The summed E-state index contributed by atoms with van der Waals surface area (Å²) in [5.41, 5.74) is 0.734. The van der Waals surface area contributed by atoms with Gasteiger partial charge in [0, 0.05) is 13.1 Å². The summed E-state index contributed by atoms with van der Waals surface area (Å²) in [6.45, 7) is 1.29. The van der Waals surface area contributed by atoms with Crippen molar-refractivity contribution >= 4 is 10.0 Å². The average Bonchev–Trinajstić information content (AvgIpc) is 2.99. The Bertz CT molecular complexity index is 541. The average molecular weight is 281 g/mol. The van der Waals surface area contributed by atoms with E-state index in [1.54, 1.807) is 28.6 Å². The van der Waals surface area contributed by atoms with E-state index < -0.39 is 10.0 Å². The SMILES string of the molecule is O=S(=O)(c1ccc(CO)cc1)N1CC2CCCC2C1. The van der Waals surface area contributed by atoms with Gasteiger partial charge in [0.15, 0.2) is 0 Å². The first-order valence-electron chi connectivity index (χ1n) is 6.81. The summed E-state index contributed by atoms with van der Waals surface area (Å²) in [6, 6.07) is 6.53. The van der Waals surface area contributed by atoms with E-state index in [-0.39, 0.29) is 6.61 Å². The molecule has 19 heavy (non-hydrogen) atoms. The number of aliphatic hydroxyl groups excluding tert-OH is 1. The quantitative estimate of drug-likeness (QED) is 0.915. The number of hydrogen-bond acceptors (Lipinski definition) is 3. The molecule has 1 aromatic carbocycles. The molecule has 1 N–H and O–H groups in total. The Kier molecular flexibility index (Phi) is 3.37. The van der Waals surface area contributed by atoms with Crippen LogP contribution in [0.15, 0.2) is 29.2 Å². The van der Waals surface area contributed by atoms with Gasteiger partial charge in [-0.2, -0.15) is 4.31 Å². The molecule has 104 valence electrons. The smallest absolute Gasteiger partial charge is 0.243 e. The predicted octanol–water partition coefficient (Wildman–Crippen LogP) is 1.60. The number of sulfonamides is 1. The Labute approximate surface area is 114 Å². The van der Waals surface area contributed by atoms with Crippen molar-refractivity contribution in [3.63, 3.8) is 0 Å². The van der Waals surface area contributed by atoms with Crippen molar-refractivity contribution in [2.75, 3.05) is 13.1 Å². The molecule has 0 amide bonds. The minimum atomic E-state index is -3.35. The Morgan fingerprint density at radius 3 is 2.21 bits per heavy atom. The lowest BCUT2D eigenvalue weighted by molar-refractivity contribution is 0.281. The highest BCUT2D eigenvalue weighted by Gasteiger charge is 2.41. The largest absolute Gasteiger partial charge is 0.392 e. The predicted molar refractivity (Wildman–Crippen MR) is 72.0 cm³/mol. The van der Waals surface area contributed by atoms with Crippen molar-refractivity contribution in [3.05, 3.63) is 29.8 Å². The van der Waals surface area contributed by atoms with Gasteiger partial charge in [0.05, 0.1) is 11.5 Å². The molecule has 3 rings (SSSR count). The maximum Gasteiger partial charge on any atom is 0.243 e. The second-order valence-electron chi connectivity index (χ2n) is 5.58. The van der Waals surface area contributed by atoms with Crippen molar-refractivity contribution in [1.29, 1.82) is 0 Å². The topological polar surface area (TPSA) is 57.6 Å². The number of fused-ring (bicyclic) bond motifs is 1. The molecule has 0 bridgehead atoms. The van der Waals surface area contributed by atoms with Gasteiger partial charge in [-0.25, -0.2) is 8.42 Å². The maximum atomic E-state index is 12.5. The molecule has 5 heteroatoms. The first kappa shape index (κ1) is 13.1. The minimum absolute atomic E-state index is 0.0613. The van der Waals surface area contributed by atoms with Crippen molar-refractivity contribution in [2.24, 2.45) is 11.8 Å². The third kappa shape index (κ3) is 2.30. The maximum absolute atomic E-state index is 12.5. The van der Waals surface area contributed by atoms with Gasteiger partial charge in [-0.3, -0.25) is 0 Å². The summed E-state index contributed by atoms with van der Waals surface area (Å²) in [5.74, 6) is 1.12. The molecule has 0 aromatic heterocycles. The molecule has 2 atom stereocenters. The standard InChI is InChI=1S/C14H19NO3S/c16-10-11-4-6-14(7-5-11)19(17,18)15-8-12-2-1-3-13(12)9-15/h4-7,12-13,16H,1-3,8-10H2. The lowest BCUT2D eigenvalue weighted by atomic mass is 10.0. The highest BCUT2D eigenvalue weighted by atomic mass is 32.2. The van der Waals surface area contributed by atoms with Gasteiger partial charge in [0.2, 0.25) is 10.0 Å². The third-order valence-corrected chi connectivity index (χ3v) is 6.28. The normalized spacial score (nSPS) is 27.6. The molecule has 1 saturated carbocycles. The van der Waals surface area contributed by atoms with Crippen LogP contribution in [0.5, 0.6) is 0 Å². The van der Waals surface area contributed by atoms with Crippen LogP contribution in [0.2, 0.25) is 0 Å². The van der Waals surface area contributed by atoms with E-state index in [1.165, 1.54) is 19.3 Å². The monoisotopic (exact) mass is 281 g/mol. The Morgan fingerprint density at radius 2 is 1.68 bits per heavy atom. The highest BCUT2D eigenvalue weighted by Crippen LogP contribution is 2.39. The zero-order valence-corrected chi connectivity index (χ0v) is 11.6. The van der Waals surface area contributed by atoms with Gasteiger partial charge in [0.1, 0.15) is 0 Å². The molecule has 1 aliphatic carbocycles. The zero-order valence-electron chi connectivity index (χ0n) is 10.8. The fraction of sp³-hybridized carbons (Fsp3) is 0.571. The van der Waals surface area contributed by atoms with Crippen LogP contribution in [0, 0.1) is 11.8 Å². The second kappa shape index (κ2) is 4.89. The number of rotatable bonds is 3. The Balaban J connectivity index is 1.82. The molecule has 2 fully saturated rings. The first-order valence-corrected chi connectivity index (χ1v) is 8.25. The Hall–Kier alpha value is -0.910. The van der Waals surface area contributed by atoms with Gasteiger partial charge in [-0.05, 0) is 42.4 Å². The molecule has 0 spiro atoms. The van der Waals surface area contributed by atoms with Crippen LogP contribution in [-0.4, -0.2) is 30.9 Å². The summed E-state index contributed by atoms with van der Waals surface area (Å²) >= 11 is 0. The molecule has 2 unspecified atom stereocenters. The number of nitrogens with zero attached hydrogens (tertiary/aromatic N) is 1. The molecule has 2 aliphatic rings. The van der Waals surface area contributed by atoms with Crippen LogP contribution in [0.4, 0.5) is 0 Å². The molecule has 1 aromatic rings. The Morgan fingerprint density at radius 1 is 1.11 bits per heavy atom. The van der Waals surface area contributed by atoms with Crippen molar-refractivity contribution < 1.29 is 13.5 Å². The van der Waals surface area contributed by atoms with Crippen LogP contribution in [0.1, 0.15) is 24.8 Å². The molecule has 0 radical (unpaired) electrons. The minimum Gasteiger partial charge on any atom is -0.392 e. The lowest BCUT2D eigenvalue weighted by Gasteiger charge is -2.17. The van der Waals surface area contributed by atoms with E-state index in [4.69, 9.17) is 5.11 Å². The lowest BCUT2D eigenvalue weighted by Crippen LogP contribution is -2.29. The van der Waals surface area contributed by atoms with Gasteiger partial charge < -0.3 is 5.11 Å². The van der Waals surface area contributed by atoms with Crippen LogP contribution in [-0.2, 0) is 16.6 Å². The molecular weight excluding hydrogens is 262 g/mol. The zero-order chi connectivity index (χ0) is 13.5. The molecule has 1 saturated heterocycles. The summed E-state index contributed by atoms with van der Waals surface area (Å²) in [6.07, 6.45) is 3.58. The van der Waals surface area contributed by atoms with E-state index in [1.807, 2.05) is 0 Å². The van der Waals surface area contributed by atoms with Crippen LogP contribution < -0.4 is 0 Å². The third-order valence-electron chi connectivity index (χ3n) is 4.44.